The van der Waals surface area contributed by atoms with Gasteiger partial charge in [0, 0.05) is 24.2 Å². The van der Waals surface area contributed by atoms with Crippen LogP contribution in [-0.2, 0) is 0 Å². The number of rotatable bonds is 0. The molecule has 0 bridgehead atoms. The van der Waals surface area contributed by atoms with Gasteiger partial charge in [-0.2, -0.15) is 0 Å². The highest BCUT2D eigenvalue weighted by atomic mass is 16.3. The quantitative estimate of drug-likeness (QED) is 0.612. The number of hydrogen-bond acceptors (Lipinski definition) is 2. The summed E-state index contributed by atoms with van der Waals surface area (Å²) < 4.78 is 1.92. The third-order valence-electron chi connectivity index (χ3n) is 1.68. The molecule has 0 saturated carbocycles. The monoisotopic (exact) mass is 148 g/mol. The third kappa shape index (κ3) is 0.852. The fourth-order valence-corrected chi connectivity index (χ4v) is 1.10. The second-order valence-electron chi connectivity index (χ2n) is 2.51. The van der Waals surface area contributed by atoms with Crippen LogP contribution in [0.5, 0.6) is 5.75 Å². The Hall–Kier alpha value is -1.51. The van der Waals surface area contributed by atoms with Crippen molar-refractivity contribution in [3.05, 3.63) is 30.2 Å². The van der Waals surface area contributed by atoms with Crippen molar-refractivity contribution in [2.45, 2.75) is 6.92 Å². The third-order valence-corrected chi connectivity index (χ3v) is 1.68. The van der Waals surface area contributed by atoms with E-state index < -0.39 is 0 Å². The van der Waals surface area contributed by atoms with Crippen LogP contribution in [0.25, 0.3) is 5.65 Å². The van der Waals surface area contributed by atoms with Crippen molar-refractivity contribution >= 4 is 5.65 Å². The predicted molar refractivity (Wildman–Crippen MR) is 41.6 cm³/mol. The topological polar surface area (TPSA) is 37.5 Å². The van der Waals surface area contributed by atoms with Crippen molar-refractivity contribution in [2.24, 2.45) is 0 Å². The van der Waals surface area contributed by atoms with Gasteiger partial charge in [-0.1, -0.05) is 0 Å². The Labute approximate surface area is 63.9 Å². The van der Waals surface area contributed by atoms with Crippen LogP contribution in [0.4, 0.5) is 0 Å². The number of fused-ring (bicyclic) bond motifs is 1. The number of imidazole rings is 1. The smallest absolute Gasteiger partial charge is 0.140 e. The van der Waals surface area contributed by atoms with Crippen molar-refractivity contribution in [3.63, 3.8) is 0 Å². The zero-order valence-corrected chi connectivity index (χ0v) is 6.15. The van der Waals surface area contributed by atoms with Crippen molar-refractivity contribution < 1.29 is 5.11 Å². The number of aromatic hydroxyl groups is 1. The molecule has 0 aliphatic carbocycles. The molecule has 0 amide bonds. The molecule has 2 aromatic rings. The van der Waals surface area contributed by atoms with Gasteiger partial charge < -0.3 is 9.51 Å². The fourth-order valence-electron chi connectivity index (χ4n) is 1.10. The average Bonchev–Trinajstić information content (AvgIpc) is 2.32. The summed E-state index contributed by atoms with van der Waals surface area (Å²) in [6.07, 6.45) is 3.57. The molecule has 11 heavy (non-hydrogen) atoms. The van der Waals surface area contributed by atoms with Crippen molar-refractivity contribution in [2.75, 3.05) is 0 Å². The number of pyridine rings is 1. The molecule has 0 atom stereocenters. The first-order chi connectivity index (χ1) is 5.27. The van der Waals surface area contributed by atoms with Gasteiger partial charge in [-0.15, -0.1) is 0 Å². The van der Waals surface area contributed by atoms with Crippen LogP contribution < -0.4 is 0 Å². The summed E-state index contributed by atoms with van der Waals surface area (Å²) in [5, 5.41) is 9.09. The van der Waals surface area contributed by atoms with Crippen molar-refractivity contribution in [3.8, 4) is 5.75 Å². The van der Waals surface area contributed by atoms with Crippen molar-refractivity contribution in [1.82, 2.24) is 9.38 Å². The van der Waals surface area contributed by atoms with Gasteiger partial charge in [-0.05, 0) is 13.0 Å². The van der Waals surface area contributed by atoms with Crippen LogP contribution in [0.15, 0.2) is 24.5 Å². The van der Waals surface area contributed by atoms with E-state index in [2.05, 4.69) is 4.98 Å². The summed E-state index contributed by atoms with van der Waals surface area (Å²) in [5.74, 6) is 0.253. The van der Waals surface area contributed by atoms with Gasteiger partial charge in [0.15, 0.2) is 0 Å². The maximum atomic E-state index is 9.09. The Kier molecular flexibility index (Phi) is 1.12. The van der Waals surface area contributed by atoms with Gasteiger partial charge in [0.2, 0.25) is 0 Å². The van der Waals surface area contributed by atoms with Crippen LogP contribution in [0.3, 0.4) is 0 Å². The normalized spacial score (nSPS) is 10.6. The van der Waals surface area contributed by atoms with Gasteiger partial charge in [0.05, 0.1) is 0 Å². The Bertz CT molecular complexity index is 392. The molecule has 0 fully saturated rings. The van der Waals surface area contributed by atoms with Gasteiger partial charge in [0.1, 0.15) is 11.4 Å². The molecule has 3 heteroatoms. The lowest BCUT2D eigenvalue weighted by atomic mass is 10.4. The zero-order chi connectivity index (χ0) is 7.84. The van der Waals surface area contributed by atoms with E-state index in [1.165, 1.54) is 0 Å². The lowest BCUT2D eigenvalue weighted by Crippen LogP contribution is -1.84. The maximum Gasteiger partial charge on any atom is 0.140 e. The van der Waals surface area contributed by atoms with E-state index in [0.29, 0.717) is 0 Å². The maximum absolute atomic E-state index is 9.09. The van der Waals surface area contributed by atoms with E-state index in [0.717, 1.165) is 11.3 Å². The number of hydrogen-bond donors (Lipinski definition) is 1. The minimum atomic E-state index is 0.253. The largest absolute Gasteiger partial charge is 0.508 e. The molecule has 0 aromatic carbocycles. The molecule has 2 aromatic heterocycles. The number of aryl methyl sites for hydroxylation is 1. The molecule has 2 rings (SSSR count). The van der Waals surface area contributed by atoms with Crippen molar-refractivity contribution in [1.29, 1.82) is 0 Å². The second kappa shape index (κ2) is 1.99. The average molecular weight is 148 g/mol. The number of aromatic nitrogens is 2. The molecule has 0 aliphatic rings. The van der Waals surface area contributed by atoms with Crippen LogP contribution in [-0.4, -0.2) is 14.5 Å². The van der Waals surface area contributed by atoms with Gasteiger partial charge in [-0.3, -0.25) is 0 Å². The minimum Gasteiger partial charge on any atom is -0.508 e. The van der Waals surface area contributed by atoms with E-state index >= 15 is 0 Å². The zero-order valence-electron chi connectivity index (χ0n) is 6.15. The Balaban J connectivity index is 2.86. The molecule has 0 aliphatic heterocycles. The first-order valence-electron chi connectivity index (χ1n) is 3.40. The van der Waals surface area contributed by atoms with Crippen LogP contribution in [0.2, 0.25) is 0 Å². The predicted octanol–water partition coefficient (Wildman–Crippen LogP) is 1.35. The minimum absolute atomic E-state index is 0.253. The summed E-state index contributed by atoms with van der Waals surface area (Å²) in [6.45, 7) is 1.97. The highest BCUT2D eigenvalue weighted by Gasteiger charge is 1.97. The van der Waals surface area contributed by atoms with Crippen LogP contribution in [0, 0.1) is 6.92 Å². The first-order valence-corrected chi connectivity index (χ1v) is 3.40. The summed E-state index contributed by atoms with van der Waals surface area (Å²) >= 11 is 0. The molecule has 1 N–H and O–H groups in total. The standard InChI is InChI=1S/C8H8N2O/c1-6-5-9-8-4-7(11)2-3-10(6)8/h2-5,11H,1H3. The summed E-state index contributed by atoms with van der Waals surface area (Å²) in [6, 6.07) is 3.27. The molecule has 0 radical (unpaired) electrons. The van der Waals surface area contributed by atoms with E-state index in [-0.39, 0.29) is 5.75 Å². The Morgan fingerprint density at radius 1 is 1.55 bits per heavy atom. The first kappa shape index (κ1) is 6.22. The fraction of sp³-hybridized carbons (Fsp3) is 0.125. The molecule has 0 spiro atoms. The van der Waals surface area contributed by atoms with Gasteiger partial charge in [-0.25, -0.2) is 4.98 Å². The van der Waals surface area contributed by atoms with E-state index in [1.54, 1.807) is 24.5 Å². The van der Waals surface area contributed by atoms with Crippen LogP contribution >= 0.6 is 0 Å². The van der Waals surface area contributed by atoms with E-state index in [1.807, 2.05) is 11.3 Å². The van der Waals surface area contributed by atoms with E-state index in [4.69, 9.17) is 5.11 Å². The van der Waals surface area contributed by atoms with E-state index in [9.17, 15) is 0 Å². The highest BCUT2D eigenvalue weighted by molar-refractivity contribution is 5.44. The van der Waals surface area contributed by atoms with Gasteiger partial charge in [0.25, 0.3) is 0 Å². The highest BCUT2D eigenvalue weighted by Crippen LogP contribution is 2.12. The van der Waals surface area contributed by atoms with Gasteiger partial charge >= 0.3 is 0 Å². The molecular weight excluding hydrogens is 140 g/mol. The molecule has 0 unspecified atom stereocenters. The SMILES string of the molecule is Cc1cnc2cc(O)ccn12. The Morgan fingerprint density at radius 3 is 3.18 bits per heavy atom. The molecular formula is C8H8N2O. The molecule has 3 nitrogen and oxygen atoms in total. The lowest BCUT2D eigenvalue weighted by Gasteiger charge is -1.95. The van der Waals surface area contributed by atoms with Crippen LogP contribution in [0.1, 0.15) is 5.69 Å². The summed E-state index contributed by atoms with van der Waals surface area (Å²) in [5.41, 5.74) is 1.85. The lowest BCUT2D eigenvalue weighted by molar-refractivity contribution is 0.475. The summed E-state index contributed by atoms with van der Waals surface area (Å²) in [7, 11) is 0. The molecule has 0 saturated heterocycles. The summed E-state index contributed by atoms with van der Waals surface area (Å²) in [4.78, 5) is 4.08. The Morgan fingerprint density at radius 2 is 2.36 bits per heavy atom. The number of nitrogens with zero attached hydrogens (tertiary/aromatic N) is 2. The molecule has 2 heterocycles. The molecule has 56 valence electrons. The second-order valence-corrected chi connectivity index (χ2v) is 2.51.